The lowest BCUT2D eigenvalue weighted by atomic mass is 10.2. The largest absolute Gasteiger partial charge is 0.375 e. The molecule has 0 atom stereocenters. The van der Waals surface area contributed by atoms with E-state index in [1.165, 1.54) is 0 Å². The van der Waals surface area contributed by atoms with Crippen LogP contribution in [0.1, 0.15) is 23.7 Å². The zero-order chi connectivity index (χ0) is 19.0. The first-order chi connectivity index (χ1) is 12.4. The smallest absolute Gasteiger partial charge is 0.251 e. The number of anilines is 2. The lowest BCUT2D eigenvalue weighted by Crippen LogP contribution is -2.28. The average Bonchev–Trinajstić information content (AvgIpc) is 2.66. The van der Waals surface area contributed by atoms with E-state index in [1.54, 1.807) is 31.2 Å². The van der Waals surface area contributed by atoms with E-state index in [4.69, 9.17) is 0 Å². The Morgan fingerprint density at radius 3 is 2.31 bits per heavy atom. The van der Waals surface area contributed by atoms with Crippen LogP contribution < -0.4 is 14.9 Å². The van der Waals surface area contributed by atoms with E-state index in [9.17, 15) is 13.2 Å². The maximum absolute atomic E-state index is 12.1. The highest BCUT2D eigenvalue weighted by Crippen LogP contribution is 2.12. The summed E-state index contributed by atoms with van der Waals surface area (Å²) in [5.74, 6) is -0.163. The second-order valence-electron chi connectivity index (χ2n) is 5.95. The number of nitrogens with zero attached hydrogens (tertiary/aromatic N) is 1. The topological polar surface area (TPSA) is 78.5 Å². The summed E-state index contributed by atoms with van der Waals surface area (Å²) in [5.41, 5.74) is 2.10. The molecule has 0 aliphatic heterocycles. The molecule has 0 aliphatic rings. The van der Waals surface area contributed by atoms with Gasteiger partial charge in [-0.15, -0.1) is 0 Å². The van der Waals surface area contributed by atoms with E-state index in [1.807, 2.05) is 37.4 Å². The molecule has 0 radical (unpaired) electrons. The van der Waals surface area contributed by atoms with E-state index < -0.39 is 10.0 Å². The molecule has 26 heavy (non-hydrogen) atoms. The number of carbonyl (C=O) groups is 1. The summed E-state index contributed by atoms with van der Waals surface area (Å²) in [4.78, 5) is 14.3. The maximum atomic E-state index is 12.1. The number of carbonyl (C=O) groups excluding carboxylic acids is 1. The Kier molecular flexibility index (Phi) is 7.03. The van der Waals surface area contributed by atoms with Gasteiger partial charge in [-0.3, -0.25) is 9.52 Å². The highest BCUT2D eigenvalue weighted by atomic mass is 32.2. The fraction of sp³-hybridized carbons (Fsp3) is 0.316. The Balaban J connectivity index is 1.77. The van der Waals surface area contributed by atoms with Gasteiger partial charge in [-0.1, -0.05) is 18.2 Å². The molecule has 2 aromatic rings. The first kappa shape index (κ1) is 19.8. The van der Waals surface area contributed by atoms with Crippen LogP contribution in [-0.4, -0.2) is 40.2 Å². The summed E-state index contributed by atoms with van der Waals surface area (Å²) in [6.45, 7) is 2.97. The highest BCUT2D eigenvalue weighted by molar-refractivity contribution is 7.92. The molecule has 0 spiro atoms. The van der Waals surface area contributed by atoms with Crippen molar-refractivity contribution in [3.8, 4) is 0 Å². The summed E-state index contributed by atoms with van der Waals surface area (Å²) in [6, 6.07) is 16.5. The summed E-state index contributed by atoms with van der Waals surface area (Å²) in [5, 5.41) is 2.88. The number of amides is 1. The van der Waals surface area contributed by atoms with Crippen molar-refractivity contribution in [1.82, 2.24) is 5.32 Å². The van der Waals surface area contributed by atoms with Gasteiger partial charge in [-0.2, -0.15) is 0 Å². The van der Waals surface area contributed by atoms with Crippen LogP contribution in [0.4, 0.5) is 11.4 Å². The van der Waals surface area contributed by atoms with E-state index >= 15 is 0 Å². The van der Waals surface area contributed by atoms with Gasteiger partial charge in [0.05, 0.1) is 5.75 Å². The first-order valence-electron chi connectivity index (χ1n) is 8.56. The molecule has 0 fully saturated rings. The van der Waals surface area contributed by atoms with Gasteiger partial charge in [-0.05, 0) is 49.7 Å². The van der Waals surface area contributed by atoms with Gasteiger partial charge in [0, 0.05) is 37.1 Å². The zero-order valence-electron chi connectivity index (χ0n) is 15.1. The SMILES string of the molecule is CCS(=O)(=O)Nc1ccc(C(=O)NCCCN(C)c2ccccc2)cc1. The minimum absolute atomic E-state index is 0.00661. The molecule has 0 aromatic heterocycles. The van der Waals surface area contributed by atoms with Gasteiger partial charge in [0.25, 0.3) is 5.91 Å². The molecule has 7 heteroatoms. The molecular weight excluding hydrogens is 350 g/mol. The van der Waals surface area contributed by atoms with E-state index in [0.29, 0.717) is 17.8 Å². The summed E-state index contributed by atoms with van der Waals surface area (Å²) in [6.07, 6.45) is 0.825. The molecule has 6 nitrogen and oxygen atoms in total. The molecular formula is C19H25N3O3S. The second kappa shape index (κ2) is 9.24. The Hall–Kier alpha value is -2.54. The van der Waals surface area contributed by atoms with E-state index in [0.717, 1.165) is 18.7 Å². The Morgan fingerprint density at radius 1 is 1.04 bits per heavy atom. The number of hydrogen-bond acceptors (Lipinski definition) is 4. The van der Waals surface area contributed by atoms with Crippen LogP contribution >= 0.6 is 0 Å². The van der Waals surface area contributed by atoms with Gasteiger partial charge in [0.2, 0.25) is 10.0 Å². The van der Waals surface area contributed by atoms with Crippen molar-refractivity contribution < 1.29 is 13.2 Å². The van der Waals surface area contributed by atoms with Crippen molar-refractivity contribution >= 4 is 27.3 Å². The van der Waals surface area contributed by atoms with E-state index in [-0.39, 0.29) is 11.7 Å². The second-order valence-corrected chi connectivity index (χ2v) is 7.96. The summed E-state index contributed by atoms with van der Waals surface area (Å²) < 4.78 is 25.5. The molecule has 0 bridgehead atoms. The Labute approximate surface area is 155 Å². The van der Waals surface area contributed by atoms with Gasteiger partial charge in [0.15, 0.2) is 0 Å². The van der Waals surface area contributed by atoms with Crippen LogP contribution in [-0.2, 0) is 10.0 Å². The molecule has 0 unspecified atom stereocenters. The van der Waals surface area contributed by atoms with Crippen molar-refractivity contribution in [2.45, 2.75) is 13.3 Å². The number of rotatable bonds is 9. The third-order valence-corrected chi connectivity index (χ3v) is 5.26. The number of nitrogens with one attached hydrogen (secondary N) is 2. The molecule has 0 heterocycles. The molecule has 0 saturated carbocycles. The number of benzene rings is 2. The number of sulfonamides is 1. The third-order valence-electron chi connectivity index (χ3n) is 3.95. The van der Waals surface area contributed by atoms with Crippen molar-refractivity contribution in [2.24, 2.45) is 0 Å². The van der Waals surface area contributed by atoms with Crippen molar-refractivity contribution in [2.75, 3.05) is 35.5 Å². The summed E-state index contributed by atoms with van der Waals surface area (Å²) >= 11 is 0. The molecule has 2 aromatic carbocycles. The molecule has 1 amide bonds. The summed E-state index contributed by atoms with van der Waals surface area (Å²) in [7, 11) is -1.29. The van der Waals surface area contributed by atoms with Crippen LogP contribution in [0.2, 0.25) is 0 Å². The van der Waals surface area contributed by atoms with Gasteiger partial charge in [-0.25, -0.2) is 8.42 Å². The normalized spacial score (nSPS) is 11.0. The minimum Gasteiger partial charge on any atom is -0.375 e. The third kappa shape index (κ3) is 6.07. The fourth-order valence-electron chi connectivity index (χ4n) is 2.37. The standard InChI is InChI=1S/C19H25N3O3S/c1-3-26(24,25)21-17-12-10-16(11-13-17)19(23)20-14-7-15-22(2)18-8-5-4-6-9-18/h4-6,8-13,21H,3,7,14-15H2,1-2H3,(H,20,23). The predicted molar refractivity (Wildman–Crippen MR) is 106 cm³/mol. The highest BCUT2D eigenvalue weighted by Gasteiger charge is 2.09. The quantitative estimate of drug-likeness (QED) is 0.661. The van der Waals surface area contributed by atoms with Crippen LogP contribution in [0.15, 0.2) is 54.6 Å². The maximum Gasteiger partial charge on any atom is 0.251 e. The monoisotopic (exact) mass is 375 g/mol. The minimum atomic E-state index is -3.31. The van der Waals surface area contributed by atoms with Crippen molar-refractivity contribution in [3.05, 3.63) is 60.2 Å². The first-order valence-corrected chi connectivity index (χ1v) is 10.2. The fourth-order valence-corrected chi connectivity index (χ4v) is 3.01. The van der Waals surface area contributed by atoms with Gasteiger partial charge in [0.1, 0.15) is 0 Å². The Bertz CT molecular complexity index is 806. The lowest BCUT2D eigenvalue weighted by molar-refractivity contribution is 0.0953. The zero-order valence-corrected chi connectivity index (χ0v) is 15.9. The number of hydrogen-bond donors (Lipinski definition) is 2. The van der Waals surface area contributed by atoms with Crippen LogP contribution in [0.3, 0.4) is 0 Å². The lowest BCUT2D eigenvalue weighted by Gasteiger charge is -2.19. The molecule has 2 rings (SSSR count). The van der Waals surface area contributed by atoms with Crippen LogP contribution in [0.25, 0.3) is 0 Å². The predicted octanol–water partition coefficient (Wildman–Crippen LogP) is 2.70. The molecule has 140 valence electrons. The molecule has 0 aliphatic carbocycles. The molecule has 0 saturated heterocycles. The Morgan fingerprint density at radius 2 is 1.69 bits per heavy atom. The van der Waals surface area contributed by atoms with Gasteiger partial charge >= 0.3 is 0 Å². The van der Waals surface area contributed by atoms with E-state index in [2.05, 4.69) is 14.9 Å². The van der Waals surface area contributed by atoms with Gasteiger partial charge < -0.3 is 10.2 Å². The average molecular weight is 375 g/mol. The van der Waals surface area contributed by atoms with Crippen molar-refractivity contribution in [3.63, 3.8) is 0 Å². The molecule has 2 N–H and O–H groups in total. The number of para-hydroxylation sites is 1. The van der Waals surface area contributed by atoms with Crippen molar-refractivity contribution in [1.29, 1.82) is 0 Å². The van der Waals surface area contributed by atoms with Crippen LogP contribution in [0, 0.1) is 0 Å². The van der Waals surface area contributed by atoms with Crippen LogP contribution in [0.5, 0.6) is 0 Å².